The summed E-state index contributed by atoms with van der Waals surface area (Å²) in [4.78, 5) is 0. The third-order valence-corrected chi connectivity index (χ3v) is 3.48. The lowest BCUT2D eigenvalue weighted by molar-refractivity contribution is 0.126. The van der Waals surface area contributed by atoms with E-state index in [1.165, 1.54) is 6.07 Å². The molecule has 0 aliphatic heterocycles. The minimum Gasteiger partial charge on any atom is -0.211 e. The highest BCUT2D eigenvalue weighted by Crippen LogP contribution is 2.07. The van der Waals surface area contributed by atoms with Crippen molar-refractivity contribution in [1.29, 1.82) is 5.26 Å². The average molecular weight is 212 g/mol. The maximum Gasteiger partial charge on any atom is 0.252 e. The van der Waals surface area contributed by atoms with E-state index in [1.807, 2.05) is 0 Å². The van der Waals surface area contributed by atoms with E-state index in [9.17, 15) is 17.2 Å². The van der Waals surface area contributed by atoms with Gasteiger partial charge in [0.2, 0.25) is 10.0 Å². The van der Waals surface area contributed by atoms with Crippen molar-refractivity contribution < 1.29 is 17.2 Å². The van der Waals surface area contributed by atoms with Crippen molar-refractivity contribution in [3.8, 4) is 6.07 Å². The van der Waals surface area contributed by atoms with Gasteiger partial charge >= 0.3 is 0 Å². The lowest BCUT2D eigenvalue weighted by Gasteiger charge is -2.17. The van der Waals surface area contributed by atoms with Crippen molar-refractivity contribution in [2.45, 2.75) is 18.6 Å². The number of sulfonamides is 1. The monoisotopic (exact) mass is 212 g/mol. The Hall–Kier alpha value is -0.740. The summed E-state index contributed by atoms with van der Waals surface area (Å²) in [5.41, 5.74) is 0. The molecule has 0 bridgehead atoms. The first-order valence-electron chi connectivity index (χ1n) is 3.45. The van der Waals surface area contributed by atoms with Crippen LogP contribution in [0.25, 0.3) is 0 Å². The van der Waals surface area contributed by atoms with Gasteiger partial charge < -0.3 is 0 Å². The molecule has 13 heavy (non-hydrogen) atoms. The molecule has 0 aromatic heterocycles. The highest BCUT2D eigenvalue weighted by atomic mass is 32.2. The van der Waals surface area contributed by atoms with Gasteiger partial charge in [-0.2, -0.15) is 9.57 Å². The third kappa shape index (κ3) is 3.24. The van der Waals surface area contributed by atoms with Gasteiger partial charge in [-0.3, -0.25) is 0 Å². The molecule has 0 amide bonds. The molecule has 0 saturated carbocycles. The van der Waals surface area contributed by atoms with E-state index in [4.69, 9.17) is 5.26 Å². The lowest BCUT2D eigenvalue weighted by Crippen LogP contribution is -2.36. The molecule has 0 aliphatic carbocycles. The van der Waals surface area contributed by atoms with Crippen LogP contribution in [0.3, 0.4) is 0 Å². The average Bonchev–Trinajstić information content (AvgIpc) is 2.01. The Bertz CT molecular complexity index is 296. The molecule has 0 heterocycles. The summed E-state index contributed by atoms with van der Waals surface area (Å²) in [6, 6.07) is 1.48. The van der Waals surface area contributed by atoms with Gasteiger partial charge in [0.25, 0.3) is 6.43 Å². The van der Waals surface area contributed by atoms with Crippen molar-refractivity contribution in [2.75, 3.05) is 13.6 Å². The summed E-state index contributed by atoms with van der Waals surface area (Å²) in [5, 5.41) is 7.01. The van der Waals surface area contributed by atoms with Crippen LogP contribution in [0.5, 0.6) is 0 Å². The molecule has 0 N–H and O–H groups in total. The van der Waals surface area contributed by atoms with E-state index in [0.29, 0.717) is 4.31 Å². The van der Waals surface area contributed by atoms with E-state index in [0.717, 1.165) is 14.0 Å². The second kappa shape index (κ2) is 4.48. The van der Waals surface area contributed by atoms with E-state index in [-0.39, 0.29) is 0 Å². The van der Waals surface area contributed by atoms with Crippen LogP contribution >= 0.6 is 0 Å². The first-order chi connectivity index (χ1) is 5.82. The first-order valence-corrected chi connectivity index (χ1v) is 4.95. The number of hydrogen-bond acceptors (Lipinski definition) is 3. The second-order valence-electron chi connectivity index (χ2n) is 2.49. The molecule has 4 nitrogen and oxygen atoms in total. The fraction of sp³-hybridized carbons (Fsp3) is 0.833. The first kappa shape index (κ1) is 12.3. The van der Waals surface area contributed by atoms with Crippen LogP contribution < -0.4 is 0 Å². The van der Waals surface area contributed by atoms with Crippen LogP contribution in [0, 0.1) is 11.3 Å². The lowest BCUT2D eigenvalue weighted by atomic mass is 10.5. The number of rotatable bonds is 4. The third-order valence-electron chi connectivity index (χ3n) is 1.46. The Kier molecular flexibility index (Phi) is 4.23. The van der Waals surface area contributed by atoms with Gasteiger partial charge in [0.1, 0.15) is 0 Å². The quantitative estimate of drug-likeness (QED) is 0.678. The summed E-state index contributed by atoms with van der Waals surface area (Å²) in [5.74, 6) is 0. The molecule has 0 aliphatic rings. The summed E-state index contributed by atoms with van der Waals surface area (Å²) < 4.78 is 46.4. The van der Waals surface area contributed by atoms with Crippen LogP contribution in [0.15, 0.2) is 0 Å². The van der Waals surface area contributed by atoms with Gasteiger partial charge in [-0.1, -0.05) is 0 Å². The summed E-state index contributed by atoms with van der Waals surface area (Å²) in [6.45, 7) is 0.270. The zero-order chi connectivity index (χ0) is 10.6. The van der Waals surface area contributed by atoms with E-state index in [1.54, 1.807) is 0 Å². The highest BCUT2D eigenvalue weighted by molar-refractivity contribution is 7.89. The molecule has 7 heteroatoms. The van der Waals surface area contributed by atoms with E-state index < -0.39 is 28.2 Å². The standard InChI is InChI=1S/C6H10F2N2O2S/c1-5(3-9)13(11,12)10(2)4-6(7)8/h5-6H,4H2,1-2H3. The van der Waals surface area contributed by atoms with E-state index in [2.05, 4.69) is 0 Å². The largest absolute Gasteiger partial charge is 0.252 e. The second-order valence-corrected chi connectivity index (χ2v) is 4.85. The zero-order valence-electron chi connectivity index (χ0n) is 7.24. The Labute approximate surface area is 75.8 Å². The molecule has 0 aromatic rings. The maximum atomic E-state index is 11.8. The van der Waals surface area contributed by atoms with Crippen molar-refractivity contribution >= 4 is 10.0 Å². The summed E-state index contributed by atoms with van der Waals surface area (Å²) in [7, 11) is -2.87. The number of halogens is 2. The Morgan fingerprint density at radius 1 is 1.54 bits per heavy atom. The Morgan fingerprint density at radius 2 is 2.00 bits per heavy atom. The molecule has 0 fully saturated rings. The van der Waals surface area contributed by atoms with Crippen molar-refractivity contribution in [3.05, 3.63) is 0 Å². The van der Waals surface area contributed by atoms with Crippen LogP contribution in [-0.4, -0.2) is 38.0 Å². The van der Waals surface area contributed by atoms with Gasteiger partial charge in [0.15, 0.2) is 5.25 Å². The van der Waals surface area contributed by atoms with Crippen LogP contribution in [0.2, 0.25) is 0 Å². The molecule has 1 unspecified atom stereocenters. The molecule has 0 aromatic carbocycles. The number of hydrogen-bond donors (Lipinski definition) is 0. The molecule has 0 rings (SSSR count). The predicted octanol–water partition coefficient (Wildman–Crippen LogP) is 0.425. The fourth-order valence-corrected chi connectivity index (χ4v) is 1.63. The van der Waals surface area contributed by atoms with Gasteiger partial charge in [0.05, 0.1) is 12.6 Å². The zero-order valence-corrected chi connectivity index (χ0v) is 8.05. The Balaban J connectivity index is 4.58. The molecule has 0 saturated heterocycles. The topological polar surface area (TPSA) is 61.2 Å². The van der Waals surface area contributed by atoms with Gasteiger partial charge in [-0.05, 0) is 6.92 Å². The maximum absolute atomic E-state index is 11.8. The van der Waals surface area contributed by atoms with Gasteiger partial charge in [-0.15, -0.1) is 0 Å². The van der Waals surface area contributed by atoms with E-state index >= 15 is 0 Å². The fourth-order valence-electron chi connectivity index (χ4n) is 0.635. The van der Waals surface area contributed by atoms with Crippen LogP contribution in [0.4, 0.5) is 8.78 Å². The smallest absolute Gasteiger partial charge is 0.211 e. The van der Waals surface area contributed by atoms with Crippen molar-refractivity contribution in [1.82, 2.24) is 4.31 Å². The number of nitriles is 1. The molecular formula is C6H10F2N2O2S. The Morgan fingerprint density at radius 3 is 2.31 bits per heavy atom. The molecule has 0 spiro atoms. The molecule has 0 radical (unpaired) electrons. The summed E-state index contributed by atoms with van der Waals surface area (Å²) >= 11 is 0. The van der Waals surface area contributed by atoms with Gasteiger partial charge in [-0.25, -0.2) is 17.2 Å². The summed E-state index contributed by atoms with van der Waals surface area (Å²) in [6.07, 6.45) is -2.73. The molecular weight excluding hydrogens is 202 g/mol. The van der Waals surface area contributed by atoms with Crippen LogP contribution in [-0.2, 0) is 10.0 Å². The molecule has 76 valence electrons. The highest BCUT2D eigenvalue weighted by Gasteiger charge is 2.27. The number of nitrogens with zero attached hydrogens (tertiary/aromatic N) is 2. The van der Waals surface area contributed by atoms with Gasteiger partial charge in [0, 0.05) is 7.05 Å². The molecule has 1 atom stereocenters. The van der Waals surface area contributed by atoms with Crippen LogP contribution in [0.1, 0.15) is 6.92 Å². The number of alkyl halides is 2. The predicted molar refractivity (Wildman–Crippen MR) is 42.6 cm³/mol. The SMILES string of the molecule is CC(C#N)S(=O)(=O)N(C)CC(F)F. The normalized spacial score (nSPS) is 14.5. The minimum atomic E-state index is -3.89. The van der Waals surface area contributed by atoms with Crippen molar-refractivity contribution in [3.63, 3.8) is 0 Å². The van der Waals surface area contributed by atoms with Crippen molar-refractivity contribution in [2.24, 2.45) is 0 Å². The minimum absolute atomic E-state index is 0.492.